The van der Waals surface area contributed by atoms with Gasteiger partial charge in [-0.15, -0.1) is 11.3 Å². The van der Waals surface area contributed by atoms with Crippen LogP contribution in [-0.4, -0.2) is 0 Å². The van der Waals surface area contributed by atoms with Crippen LogP contribution in [0.1, 0.15) is 34.8 Å². The van der Waals surface area contributed by atoms with Gasteiger partial charge in [-0.25, -0.2) is 0 Å². The molecule has 0 aliphatic carbocycles. The van der Waals surface area contributed by atoms with Gasteiger partial charge in [0, 0.05) is 16.7 Å². The molecule has 0 N–H and O–H groups in total. The second-order valence-corrected chi connectivity index (χ2v) is 6.08. The molecule has 0 nitrogen and oxygen atoms in total. The van der Waals surface area contributed by atoms with Crippen molar-refractivity contribution in [1.29, 1.82) is 0 Å². The lowest BCUT2D eigenvalue weighted by molar-refractivity contribution is 0.668. The Hall–Kier alpha value is -1.86. The fraction of sp³-hybridized carbons (Fsp3) is 0.158. The van der Waals surface area contributed by atoms with Gasteiger partial charge in [-0.1, -0.05) is 73.7 Å². The summed E-state index contributed by atoms with van der Waals surface area (Å²) >= 11 is 1.85. The molecule has 1 unspecified atom stereocenters. The van der Waals surface area contributed by atoms with Crippen molar-refractivity contribution in [2.75, 3.05) is 0 Å². The van der Waals surface area contributed by atoms with E-state index in [0.717, 1.165) is 0 Å². The minimum Gasteiger partial charge on any atom is -0.149 e. The highest BCUT2D eigenvalue weighted by atomic mass is 32.1. The molecule has 3 rings (SSSR count). The summed E-state index contributed by atoms with van der Waals surface area (Å²) in [7, 11) is 0. The first-order valence-electron chi connectivity index (χ1n) is 6.99. The molecular weight excluding hydrogens is 260 g/mol. The maximum absolute atomic E-state index is 2.33. The number of benzene rings is 2. The topological polar surface area (TPSA) is 0 Å². The molecule has 2 aromatic carbocycles. The van der Waals surface area contributed by atoms with Crippen LogP contribution in [0.5, 0.6) is 0 Å². The summed E-state index contributed by atoms with van der Waals surface area (Å²) < 4.78 is 0. The van der Waals surface area contributed by atoms with Crippen LogP contribution in [0, 0.1) is 0 Å². The molecule has 0 aliphatic heterocycles. The van der Waals surface area contributed by atoms with Crippen LogP contribution in [0.4, 0.5) is 0 Å². The third-order valence-electron chi connectivity index (χ3n) is 3.81. The van der Waals surface area contributed by atoms with E-state index in [1.165, 1.54) is 16.0 Å². The first-order chi connectivity index (χ1) is 9.86. The fourth-order valence-corrected chi connectivity index (χ4v) is 3.63. The van der Waals surface area contributed by atoms with Crippen LogP contribution < -0.4 is 0 Å². The SMILES string of the molecule is CC(c1cccs1)C(c1ccccc1)c1ccccc1. The van der Waals surface area contributed by atoms with Gasteiger partial charge in [0.15, 0.2) is 0 Å². The number of thiophene rings is 1. The zero-order valence-electron chi connectivity index (χ0n) is 11.6. The summed E-state index contributed by atoms with van der Waals surface area (Å²) in [4.78, 5) is 1.45. The van der Waals surface area contributed by atoms with Crippen molar-refractivity contribution in [3.8, 4) is 0 Å². The van der Waals surface area contributed by atoms with Crippen LogP contribution in [0.25, 0.3) is 0 Å². The summed E-state index contributed by atoms with van der Waals surface area (Å²) in [6.07, 6.45) is 0. The Morgan fingerprint density at radius 2 is 1.25 bits per heavy atom. The molecule has 0 saturated carbocycles. The molecular formula is C19H18S. The van der Waals surface area contributed by atoms with E-state index in [0.29, 0.717) is 11.8 Å². The van der Waals surface area contributed by atoms with Gasteiger partial charge >= 0.3 is 0 Å². The molecule has 0 spiro atoms. The second kappa shape index (κ2) is 6.06. The van der Waals surface area contributed by atoms with Gasteiger partial charge in [-0.2, -0.15) is 0 Å². The summed E-state index contributed by atoms with van der Waals surface area (Å²) in [5, 5.41) is 2.17. The van der Waals surface area contributed by atoms with Gasteiger partial charge in [0.1, 0.15) is 0 Å². The smallest absolute Gasteiger partial charge is 0.0163 e. The van der Waals surface area contributed by atoms with Gasteiger partial charge < -0.3 is 0 Å². The molecule has 1 aromatic heterocycles. The minimum absolute atomic E-state index is 0.413. The predicted octanol–water partition coefficient (Wildman–Crippen LogP) is 5.68. The Kier molecular flexibility index (Phi) is 3.98. The van der Waals surface area contributed by atoms with Crippen LogP contribution in [0.15, 0.2) is 78.2 Å². The molecule has 1 heteroatoms. The Morgan fingerprint density at radius 1 is 0.700 bits per heavy atom. The van der Waals surface area contributed by atoms with E-state index < -0.39 is 0 Å². The third kappa shape index (κ3) is 2.68. The Labute approximate surface area is 124 Å². The molecule has 1 atom stereocenters. The lowest BCUT2D eigenvalue weighted by Gasteiger charge is -2.24. The van der Waals surface area contributed by atoms with Crippen molar-refractivity contribution in [2.24, 2.45) is 0 Å². The highest BCUT2D eigenvalue weighted by molar-refractivity contribution is 7.10. The average Bonchev–Trinajstić information content (AvgIpc) is 3.04. The van der Waals surface area contributed by atoms with E-state index in [2.05, 4.69) is 85.1 Å². The molecule has 3 aromatic rings. The second-order valence-electron chi connectivity index (χ2n) is 5.10. The highest BCUT2D eigenvalue weighted by Crippen LogP contribution is 2.39. The Balaban J connectivity index is 2.05. The van der Waals surface area contributed by atoms with Gasteiger partial charge in [-0.3, -0.25) is 0 Å². The number of hydrogen-bond acceptors (Lipinski definition) is 1. The predicted molar refractivity (Wildman–Crippen MR) is 87.5 cm³/mol. The van der Waals surface area contributed by atoms with Crippen molar-refractivity contribution in [2.45, 2.75) is 18.8 Å². The standard InChI is InChI=1S/C19H18S/c1-15(18-13-8-14-20-18)19(16-9-4-2-5-10-16)17-11-6-3-7-12-17/h2-15,19H,1H3. The maximum atomic E-state index is 2.33. The average molecular weight is 278 g/mol. The summed E-state index contributed by atoms with van der Waals surface area (Å²) in [5.74, 6) is 0.899. The van der Waals surface area contributed by atoms with Crippen LogP contribution in [0.2, 0.25) is 0 Å². The van der Waals surface area contributed by atoms with Gasteiger partial charge in [0.05, 0.1) is 0 Å². The van der Waals surface area contributed by atoms with Gasteiger partial charge in [0.25, 0.3) is 0 Å². The van der Waals surface area contributed by atoms with Crippen molar-refractivity contribution < 1.29 is 0 Å². The fourth-order valence-electron chi connectivity index (χ4n) is 2.81. The molecule has 1 heterocycles. The normalized spacial score (nSPS) is 12.5. The van der Waals surface area contributed by atoms with E-state index in [1.807, 2.05) is 11.3 Å². The maximum Gasteiger partial charge on any atom is 0.0163 e. The van der Waals surface area contributed by atoms with Gasteiger partial charge in [0.2, 0.25) is 0 Å². The van der Waals surface area contributed by atoms with E-state index in [-0.39, 0.29) is 0 Å². The van der Waals surface area contributed by atoms with Crippen molar-refractivity contribution in [3.63, 3.8) is 0 Å². The van der Waals surface area contributed by atoms with Crippen LogP contribution in [-0.2, 0) is 0 Å². The zero-order chi connectivity index (χ0) is 13.8. The Morgan fingerprint density at radius 3 is 1.70 bits per heavy atom. The number of hydrogen-bond donors (Lipinski definition) is 0. The number of rotatable bonds is 4. The summed E-state index contributed by atoms with van der Waals surface area (Å²) in [5.41, 5.74) is 2.78. The first kappa shape index (κ1) is 13.1. The quantitative estimate of drug-likeness (QED) is 0.575. The van der Waals surface area contributed by atoms with E-state index in [4.69, 9.17) is 0 Å². The van der Waals surface area contributed by atoms with Crippen LogP contribution >= 0.6 is 11.3 Å². The zero-order valence-corrected chi connectivity index (χ0v) is 12.4. The van der Waals surface area contributed by atoms with E-state index >= 15 is 0 Å². The lowest BCUT2D eigenvalue weighted by atomic mass is 9.81. The molecule has 0 amide bonds. The molecule has 100 valence electrons. The largest absolute Gasteiger partial charge is 0.149 e. The molecule has 20 heavy (non-hydrogen) atoms. The molecule has 0 bridgehead atoms. The minimum atomic E-state index is 0.413. The summed E-state index contributed by atoms with van der Waals surface area (Å²) in [6.45, 7) is 2.33. The molecule has 0 radical (unpaired) electrons. The third-order valence-corrected chi connectivity index (χ3v) is 4.88. The first-order valence-corrected chi connectivity index (χ1v) is 7.87. The van der Waals surface area contributed by atoms with Crippen molar-refractivity contribution >= 4 is 11.3 Å². The summed E-state index contributed by atoms with van der Waals surface area (Å²) in [6, 6.07) is 26.0. The lowest BCUT2D eigenvalue weighted by Crippen LogP contribution is -2.09. The van der Waals surface area contributed by atoms with E-state index in [9.17, 15) is 0 Å². The van der Waals surface area contributed by atoms with Crippen molar-refractivity contribution in [1.82, 2.24) is 0 Å². The molecule has 0 fully saturated rings. The monoisotopic (exact) mass is 278 g/mol. The van der Waals surface area contributed by atoms with Crippen molar-refractivity contribution in [3.05, 3.63) is 94.2 Å². The van der Waals surface area contributed by atoms with E-state index in [1.54, 1.807) is 0 Å². The molecule has 0 aliphatic rings. The van der Waals surface area contributed by atoms with Crippen LogP contribution in [0.3, 0.4) is 0 Å². The molecule has 0 saturated heterocycles. The van der Waals surface area contributed by atoms with Gasteiger partial charge in [-0.05, 0) is 22.6 Å². The highest BCUT2D eigenvalue weighted by Gasteiger charge is 2.23. The Bertz CT molecular complexity index is 587.